The first-order valence-electron chi connectivity index (χ1n) is 9.26. The van der Waals surface area contributed by atoms with Gasteiger partial charge >= 0.3 is 0 Å². The van der Waals surface area contributed by atoms with Gasteiger partial charge in [-0.05, 0) is 61.3 Å². The maximum Gasteiger partial charge on any atom is 0.251 e. The summed E-state index contributed by atoms with van der Waals surface area (Å²) in [6.45, 7) is 3.19. The Bertz CT molecular complexity index is 855. The summed E-state index contributed by atoms with van der Waals surface area (Å²) < 4.78 is 5.54. The maximum absolute atomic E-state index is 12.7. The number of amides is 2. The van der Waals surface area contributed by atoms with Gasteiger partial charge in [-0.2, -0.15) is 0 Å². The second kappa shape index (κ2) is 9.41. The van der Waals surface area contributed by atoms with E-state index in [1.165, 1.54) is 4.90 Å². The van der Waals surface area contributed by atoms with Crippen LogP contribution in [0.3, 0.4) is 0 Å². The summed E-state index contributed by atoms with van der Waals surface area (Å²) in [4.78, 5) is 26.3. The lowest BCUT2D eigenvalue weighted by Crippen LogP contribution is -2.39. The first-order chi connectivity index (χ1) is 13.5. The van der Waals surface area contributed by atoms with Crippen LogP contribution in [0.2, 0.25) is 10.0 Å². The van der Waals surface area contributed by atoms with Gasteiger partial charge in [0.2, 0.25) is 5.91 Å². The van der Waals surface area contributed by atoms with Crippen molar-refractivity contribution in [3.8, 4) is 5.75 Å². The van der Waals surface area contributed by atoms with Crippen molar-refractivity contribution in [2.45, 2.75) is 32.2 Å². The molecule has 0 unspecified atom stereocenters. The normalized spacial score (nSPS) is 16.7. The molecule has 0 aromatic heterocycles. The zero-order valence-corrected chi connectivity index (χ0v) is 17.1. The average molecular weight is 421 g/mol. The summed E-state index contributed by atoms with van der Waals surface area (Å²) in [5.41, 5.74) is 1.50. The number of nitrogens with one attached hydrogen (secondary N) is 1. The molecule has 7 heteroatoms. The van der Waals surface area contributed by atoms with E-state index in [4.69, 9.17) is 27.9 Å². The molecule has 0 spiro atoms. The van der Waals surface area contributed by atoms with E-state index in [9.17, 15) is 9.59 Å². The highest BCUT2D eigenvalue weighted by Gasteiger charge is 2.39. The van der Waals surface area contributed by atoms with Gasteiger partial charge < -0.3 is 10.1 Å². The monoisotopic (exact) mass is 420 g/mol. The number of hydrogen-bond donors (Lipinski definition) is 1. The van der Waals surface area contributed by atoms with E-state index in [0.717, 1.165) is 17.7 Å². The molecule has 0 bridgehead atoms. The van der Waals surface area contributed by atoms with Gasteiger partial charge in [0.25, 0.3) is 5.91 Å². The van der Waals surface area contributed by atoms with Crippen LogP contribution in [0.15, 0.2) is 42.5 Å². The van der Waals surface area contributed by atoms with Gasteiger partial charge in [-0.1, -0.05) is 36.2 Å². The maximum atomic E-state index is 12.7. The smallest absolute Gasteiger partial charge is 0.251 e. The number of anilines is 1. The quantitative estimate of drug-likeness (QED) is 0.648. The van der Waals surface area contributed by atoms with Gasteiger partial charge in [-0.25, -0.2) is 4.90 Å². The van der Waals surface area contributed by atoms with Gasteiger partial charge in [0.15, 0.2) is 0 Å². The summed E-state index contributed by atoms with van der Waals surface area (Å²) >= 11 is 12.1. The minimum Gasteiger partial charge on any atom is -0.494 e. The third kappa shape index (κ3) is 4.85. The Morgan fingerprint density at radius 3 is 2.57 bits per heavy atom. The van der Waals surface area contributed by atoms with Crippen LogP contribution in [-0.2, 0) is 16.0 Å². The summed E-state index contributed by atoms with van der Waals surface area (Å²) in [6, 6.07) is 11.8. The molecule has 1 N–H and O–H groups in total. The van der Waals surface area contributed by atoms with Gasteiger partial charge in [0.05, 0.1) is 24.8 Å². The van der Waals surface area contributed by atoms with E-state index in [2.05, 4.69) is 5.32 Å². The molecular formula is C21H22Cl2N2O3. The van der Waals surface area contributed by atoms with Crippen molar-refractivity contribution in [2.75, 3.05) is 18.1 Å². The van der Waals surface area contributed by atoms with Gasteiger partial charge in [-0.3, -0.25) is 9.59 Å². The van der Waals surface area contributed by atoms with Gasteiger partial charge in [0.1, 0.15) is 5.75 Å². The molecule has 148 valence electrons. The molecule has 0 radical (unpaired) electrons. The van der Waals surface area contributed by atoms with Crippen LogP contribution in [0.5, 0.6) is 5.75 Å². The Morgan fingerprint density at radius 1 is 1.14 bits per heavy atom. The van der Waals surface area contributed by atoms with E-state index in [1.807, 2.05) is 13.0 Å². The molecule has 1 aliphatic heterocycles. The molecule has 1 saturated heterocycles. The Labute approximate surface area is 174 Å². The van der Waals surface area contributed by atoms with Crippen molar-refractivity contribution in [2.24, 2.45) is 0 Å². The number of halogens is 2. The van der Waals surface area contributed by atoms with Crippen LogP contribution in [0.1, 0.15) is 25.3 Å². The molecule has 1 atom stereocenters. The number of benzene rings is 2. The molecule has 5 nitrogen and oxygen atoms in total. The predicted molar refractivity (Wildman–Crippen MR) is 111 cm³/mol. The molecule has 2 amide bonds. The number of carbonyl (C=O) groups excluding carboxylic acids is 2. The number of carbonyl (C=O) groups is 2. The Morgan fingerprint density at radius 2 is 1.89 bits per heavy atom. The molecule has 1 heterocycles. The average Bonchev–Trinajstić information content (AvgIpc) is 2.96. The highest BCUT2D eigenvalue weighted by molar-refractivity contribution is 6.35. The van der Waals surface area contributed by atoms with E-state index >= 15 is 0 Å². The van der Waals surface area contributed by atoms with Crippen LogP contribution in [0.4, 0.5) is 5.69 Å². The lowest BCUT2D eigenvalue weighted by molar-refractivity contribution is -0.121. The van der Waals surface area contributed by atoms with Crippen LogP contribution < -0.4 is 15.0 Å². The fourth-order valence-electron chi connectivity index (χ4n) is 3.08. The summed E-state index contributed by atoms with van der Waals surface area (Å²) in [7, 11) is 0. The third-order valence-corrected chi connectivity index (χ3v) is 5.10. The van der Waals surface area contributed by atoms with Crippen LogP contribution in [-0.4, -0.2) is 31.0 Å². The van der Waals surface area contributed by atoms with Crippen LogP contribution in [0, 0.1) is 0 Å². The molecule has 0 saturated carbocycles. The van der Waals surface area contributed by atoms with E-state index in [1.54, 1.807) is 36.4 Å². The molecule has 1 aliphatic rings. The van der Waals surface area contributed by atoms with Gasteiger partial charge in [-0.15, -0.1) is 0 Å². The van der Waals surface area contributed by atoms with E-state index < -0.39 is 6.04 Å². The minimum atomic E-state index is -0.533. The zero-order chi connectivity index (χ0) is 20.1. The molecule has 28 heavy (non-hydrogen) atoms. The fourth-order valence-corrected chi connectivity index (χ4v) is 3.58. The van der Waals surface area contributed by atoms with Crippen LogP contribution >= 0.6 is 23.2 Å². The van der Waals surface area contributed by atoms with Crippen LogP contribution in [0.25, 0.3) is 0 Å². The highest BCUT2D eigenvalue weighted by Crippen LogP contribution is 2.26. The van der Waals surface area contributed by atoms with Crippen molar-refractivity contribution >= 4 is 40.7 Å². The van der Waals surface area contributed by atoms with Crippen molar-refractivity contribution in [3.05, 3.63) is 58.1 Å². The lowest BCUT2D eigenvalue weighted by atomic mass is 10.1. The molecule has 3 rings (SSSR count). The van der Waals surface area contributed by atoms with Crippen molar-refractivity contribution in [3.63, 3.8) is 0 Å². The number of ether oxygens (including phenoxy) is 1. The Hall–Kier alpha value is -2.08. The molecule has 1 fully saturated rings. The Kier molecular flexibility index (Phi) is 6.94. The lowest BCUT2D eigenvalue weighted by Gasteiger charge is -2.16. The first kappa shape index (κ1) is 20.6. The summed E-state index contributed by atoms with van der Waals surface area (Å²) in [5.74, 6) is 0.267. The zero-order valence-electron chi connectivity index (χ0n) is 15.6. The number of imide groups is 1. The first-order valence-corrected chi connectivity index (χ1v) is 10.0. The molecular weight excluding hydrogens is 399 g/mol. The predicted octanol–water partition coefficient (Wildman–Crippen LogP) is 4.25. The second-order valence-electron chi connectivity index (χ2n) is 6.61. The molecule has 2 aromatic carbocycles. The highest BCUT2D eigenvalue weighted by atomic mass is 35.5. The molecule has 2 aromatic rings. The summed E-state index contributed by atoms with van der Waals surface area (Å²) in [5, 5.41) is 4.34. The van der Waals surface area contributed by atoms with Crippen molar-refractivity contribution in [1.82, 2.24) is 5.32 Å². The third-order valence-electron chi connectivity index (χ3n) is 4.51. The molecule has 0 aliphatic carbocycles. The minimum absolute atomic E-state index is 0.140. The van der Waals surface area contributed by atoms with Gasteiger partial charge in [0, 0.05) is 10.0 Å². The number of nitrogens with zero attached hydrogens (tertiary/aromatic N) is 1. The second-order valence-corrected chi connectivity index (χ2v) is 7.45. The standard InChI is InChI=1S/C21H22Cl2N2O3/c1-2-11-28-17-7-5-16(6-8-17)25-20(26)13-19(21(25)27)24-10-9-14-3-4-15(22)12-18(14)23/h3-8,12,19,24H,2,9-11,13H2,1H3/t19-/m0/s1. The van der Waals surface area contributed by atoms with E-state index in [-0.39, 0.29) is 18.2 Å². The van der Waals surface area contributed by atoms with Crippen molar-refractivity contribution < 1.29 is 14.3 Å². The fraction of sp³-hybridized carbons (Fsp3) is 0.333. The topological polar surface area (TPSA) is 58.6 Å². The number of rotatable bonds is 8. The summed E-state index contributed by atoms with van der Waals surface area (Å²) in [6.07, 6.45) is 1.69. The number of hydrogen-bond acceptors (Lipinski definition) is 4. The van der Waals surface area contributed by atoms with Crippen molar-refractivity contribution in [1.29, 1.82) is 0 Å². The Balaban J connectivity index is 1.58. The van der Waals surface area contributed by atoms with E-state index in [0.29, 0.717) is 35.3 Å². The largest absolute Gasteiger partial charge is 0.494 e. The SMILES string of the molecule is CCCOc1ccc(N2C(=O)C[C@H](NCCc3ccc(Cl)cc3Cl)C2=O)cc1.